The summed E-state index contributed by atoms with van der Waals surface area (Å²) in [5, 5.41) is 17.0. The first-order valence-electron chi connectivity index (χ1n) is 7.48. The van der Waals surface area contributed by atoms with Gasteiger partial charge in [0.25, 0.3) is 0 Å². The number of aromatic nitrogens is 3. The number of hydrogen-bond acceptors (Lipinski definition) is 5. The Morgan fingerprint density at radius 3 is 2.43 bits per heavy atom. The Bertz CT molecular complexity index is 652. The molecule has 2 rings (SSSR count). The summed E-state index contributed by atoms with van der Waals surface area (Å²) < 4.78 is 7.15. The number of hydrogen-bond donors (Lipinski definition) is 1. The Hall–Kier alpha value is -2.41. The van der Waals surface area contributed by atoms with E-state index in [4.69, 9.17) is 9.84 Å². The third-order valence-electron chi connectivity index (χ3n) is 3.52. The van der Waals surface area contributed by atoms with Gasteiger partial charge in [-0.1, -0.05) is 19.1 Å². The molecule has 1 N–H and O–H groups in total. The molecule has 0 atom stereocenters. The van der Waals surface area contributed by atoms with E-state index in [0.717, 1.165) is 30.2 Å². The zero-order valence-electron chi connectivity index (χ0n) is 13.7. The average molecular weight is 318 g/mol. The van der Waals surface area contributed by atoms with Crippen LogP contribution in [0.3, 0.4) is 0 Å². The summed E-state index contributed by atoms with van der Waals surface area (Å²) in [5.41, 5.74) is 1.12. The molecular formula is C16H22N4O3. The van der Waals surface area contributed by atoms with E-state index in [1.54, 1.807) is 12.1 Å². The van der Waals surface area contributed by atoms with Crippen LogP contribution in [0.25, 0.3) is 0 Å². The van der Waals surface area contributed by atoms with Gasteiger partial charge in [-0.15, -0.1) is 10.2 Å². The first-order chi connectivity index (χ1) is 11.0. The van der Waals surface area contributed by atoms with E-state index in [-0.39, 0.29) is 6.61 Å². The van der Waals surface area contributed by atoms with Gasteiger partial charge in [0.1, 0.15) is 17.4 Å². The number of nitrogens with zero attached hydrogens (tertiary/aromatic N) is 4. The quantitative estimate of drug-likeness (QED) is 0.794. The van der Waals surface area contributed by atoms with Gasteiger partial charge in [0.05, 0.1) is 6.54 Å². The minimum atomic E-state index is -0.982. The largest absolute Gasteiger partial charge is 0.482 e. The van der Waals surface area contributed by atoms with Crippen molar-refractivity contribution in [1.29, 1.82) is 0 Å². The SMILES string of the molecule is CCc1nnc(CN(C)Cc2ccc(OCC(=O)O)cc2)n1C. The number of carbonyl (C=O) groups is 1. The molecule has 1 aromatic carbocycles. The second kappa shape index (κ2) is 7.73. The zero-order chi connectivity index (χ0) is 16.8. The van der Waals surface area contributed by atoms with Crippen LogP contribution in [0.1, 0.15) is 24.1 Å². The normalized spacial score (nSPS) is 11.0. The predicted molar refractivity (Wildman–Crippen MR) is 85.1 cm³/mol. The molecule has 0 amide bonds. The van der Waals surface area contributed by atoms with Crippen LogP contribution in [0.5, 0.6) is 5.75 Å². The molecule has 1 heterocycles. The van der Waals surface area contributed by atoms with Gasteiger partial charge in [-0.3, -0.25) is 4.90 Å². The number of aliphatic carboxylic acids is 1. The third-order valence-corrected chi connectivity index (χ3v) is 3.52. The van der Waals surface area contributed by atoms with Gasteiger partial charge < -0.3 is 14.4 Å². The van der Waals surface area contributed by atoms with Crippen molar-refractivity contribution in [2.75, 3.05) is 13.7 Å². The summed E-state index contributed by atoms with van der Waals surface area (Å²) in [6.45, 7) is 3.20. The van der Waals surface area contributed by atoms with Crippen LogP contribution in [0.15, 0.2) is 24.3 Å². The highest BCUT2D eigenvalue weighted by atomic mass is 16.5. The number of benzene rings is 1. The van der Waals surface area contributed by atoms with Crippen molar-refractivity contribution in [1.82, 2.24) is 19.7 Å². The molecule has 0 radical (unpaired) electrons. The third kappa shape index (κ3) is 4.79. The Morgan fingerprint density at radius 1 is 1.22 bits per heavy atom. The van der Waals surface area contributed by atoms with Gasteiger partial charge in [-0.25, -0.2) is 4.79 Å². The van der Waals surface area contributed by atoms with E-state index >= 15 is 0 Å². The molecule has 0 bridgehead atoms. The molecule has 1 aromatic heterocycles. The second-order valence-electron chi connectivity index (χ2n) is 5.44. The van der Waals surface area contributed by atoms with E-state index in [0.29, 0.717) is 12.3 Å². The van der Waals surface area contributed by atoms with Crippen molar-refractivity contribution >= 4 is 5.97 Å². The molecule has 124 valence electrons. The standard InChI is InChI=1S/C16H22N4O3/c1-4-14-17-18-15(20(14)3)10-19(2)9-12-5-7-13(8-6-12)23-11-16(21)22/h5-8H,4,9-11H2,1-3H3,(H,21,22). The van der Waals surface area contributed by atoms with E-state index < -0.39 is 5.97 Å². The van der Waals surface area contributed by atoms with E-state index in [1.807, 2.05) is 30.8 Å². The van der Waals surface area contributed by atoms with E-state index in [9.17, 15) is 4.79 Å². The topological polar surface area (TPSA) is 80.5 Å². The van der Waals surface area contributed by atoms with Crippen LogP contribution in [0.4, 0.5) is 0 Å². The Morgan fingerprint density at radius 2 is 1.87 bits per heavy atom. The summed E-state index contributed by atoms with van der Waals surface area (Å²) in [5.74, 6) is 1.49. The first kappa shape index (κ1) is 17.0. The minimum Gasteiger partial charge on any atom is -0.482 e. The van der Waals surface area contributed by atoms with Crippen molar-refractivity contribution in [3.63, 3.8) is 0 Å². The van der Waals surface area contributed by atoms with Gasteiger partial charge in [0.15, 0.2) is 6.61 Å². The molecule has 0 aliphatic carbocycles. The van der Waals surface area contributed by atoms with E-state index in [1.165, 1.54) is 0 Å². The second-order valence-corrected chi connectivity index (χ2v) is 5.44. The summed E-state index contributed by atoms with van der Waals surface area (Å²) in [6, 6.07) is 7.43. The fraction of sp³-hybridized carbons (Fsp3) is 0.438. The molecule has 0 aliphatic rings. The molecule has 0 saturated heterocycles. The van der Waals surface area contributed by atoms with Crippen LogP contribution in [0.2, 0.25) is 0 Å². The maximum atomic E-state index is 10.5. The number of carboxylic acid groups (broad SMARTS) is 1. The van der Waals surface area contributed by atoms with Gasteiger partial charge in [-0.2, -0.15) is 0 Å². The monoisotopic (exact) mass is 318 g/mol. The van der Waals surface area contributed by atoms with Crippen molar-refractivity contribution in [2.24, 2.45) is 7.05 Å². The Kier molecular flexibility index (Phi) is 5.70. The van der Waals surface area contributed by atoms with Crippen molar-refractivity contribution < 1.29 is 14.6 Å². The molecule has 0 saturated carbocycles. The maximum Gasteiger partial charge on any atom is 0.341 e. The Balaban J connectivity index is 1.90. The molecule has 0 spiro atoms. The summed E-state index contributed by atoms with van der Waals surface area (Å²) in [6.07, 6.45) is 0.866. The Labute approximate surface area is 135 Å². The van der Waals surface area contributed by atoms with Gasteiger partial charge in [0.2, 0.25) is 0 Å². The number of ether oxygens (including phenoxy) is 1. The lowest BCUT2D eigenvalue weighted by Crippen LogP contribution is -2.20. The number of rotatable bonds is 8. The van der Waals surface area contributed by atoms with Gasteiger partial charge in [-0.05, 0) is 24.7 Å². The lowest BCUT2D eigenvalue weighted by Gasteiger charge is -2.16. The molecule has 0 unspecified atom stereocenters. The first-order valence-corrected chi connectivity index (χ1v) is 7.48. The van der Waals surface area contributed by atoms with Crippen molar-refractivity contribution in [3.8, 4) is 5.75 Å². The lowest BCUT2D eigenvalue weighted by molar-refractivity contribution is -0.139. The fourth-order valence-electron chi connectivity index (χ4n) is 2.29. The van der Waals surface area contributed by atoms with E-state index in [2.05, 4.69) is 22.0 Å². The highest BCUT2D eigenvalue weighted by Crippen LogP contribution is 2.14. The molecule has 7 nitrogen and oxygen atoms in total. The molecule has 23 heavy (non-hydrogen) atoms. The number of carboxylic acids is 1. The average Bonchev–Trinajstić information content (AvgIpc) is 2.86. The van der Waals surface area contributed by atoms with Crippen molar-refractivity contribution in [3.05, 3.63) is 41.5 Å². The summed E-state index contributed by atoms with van der Waals surface area (Å²) in [4.78, 5) is 12.6. The van der Waals surface area contributed by atoms with Crippen LogP contribution in [0, 0.1) is 0 Å². The molecular weight excluding hydrogens is 296 g/mol. The van der Waals surface area contributed by atoms with Crippen LogP contribution >= 0.6 is 0 Å². The minimum absolute atomic E-state index is 0.328. The molecule has 2 aromatic rings. The fourth-order valence-corrected chi connectivity index (χ4v) is 2.29. The van der Waals surface area contributed by atoms with Gasteiger partial charge in [0, 0.05) is 20.0 Å². The molecule has 7 heteroatoms. The summed E-state index contributed by atoms with van der Waals surface area (Å²) in [7, 11) is 4.01. The molecule has 0 fully saturated rings. The molecule has 0 aliphatic heterocycles. The van der Waals surface area contributed by atoms with Crippen LogP contribution < -0.4 is 4.74 Å². The lowest BCUT2D eigenvalue weighted by atomic mass is 10.2. The van der Waals surface area contributed by atoms with Crippen LogP contribution in [-0.4, -0.2) is 44.4 Å². The predicted octanol–water partition coefficient (Wildman–Crippen LogP) is 1.47. The van der Waals surface area contributed by atoms with Crippen molar-refractivity contribution in [2.45, 2.75) is 26.4 Å². The summed E-state index contributed by atoms with van der Waals surface area (Å²) >= 11 is 0. The maximum absolute atomic E-state index is 10.5. The highest BCUT2D eigenvalue weighted by Gasteiger charge is 2.10. The zero-order valence-corrected chi connectivity index (χ0v) is 13.7. The van der Waals surface area contributed by atoms with Gasteiger partial charge >= 0.3 is 5.97 Å². The highest BCUT2D eigenvalue weighted by molar-refractivity contribution is 5.68. The number of aryl methyl sites for hydroxylation is 1. The van der Waals surface area contributed by atoms with Crippen LogP contribution in [-0.2, 0) is 31.4 Å². The smallest absolute Gasteiger partial charge is 0.341 e.